The molecular weight excluding hydrogens is 249 g/mol. The Bertz CT molecular complexity index is 352. The van der Waals surface area contributed by atoms with Gasteiger partial charge < -0.3 is 5.32 Å². The van der Waals surface area contributed by atoms with Gasteiger partial charge in [-0.05, 0) is 41.2 Å². The molecule has 1 nitrogen and oxygen atoms in total. The van der Waals surface area contributed by atoms with Gasteiger partial charge in [0.05, 0.1) is 11.6 Å². The molecular formula is C10H9BrClN. The normalized spacial score (nSPS) is 9.15. The molecule has 0 heterocycles. The highest BCUT2D eigenvalue weighted by Gasteiger charge is 1.95. The minimum atomic E-state index is 0.695. The Kier molecular flexibility index (Phi) is 4.31. The van der Waals surface area contributed by atoms with Crippen molar-refractivity contribution in [2.45, 2.75) is 0 Å². The van der Waals surface area contributed by atoms with E-state index in [1.807, 2.05) is 25.2 Å². The summed E-state index contributed by atoms with van der Waals surface area (Å²) in [5.41, 5.74) is 0.964. The number of benzene rings is 1. The van der Waals surface area contributed by atoms with Crippen molar-refractivity contribution in [3.63, 3.8) is 0 Å². The molecule has 1 aromatic rings. The van der Waals surface area contributed by atoms with Gasteiger partial charge in [-0.25, -0.2) is 0 Å². The summed E-state index contributed by atoms with van der Waals surface area (Å²) in [5.74, 6) is 5.99. The molecule has 0 aliphatic rings. The maximum absolute atomic E-state index is 5.83. The van der Waals surface area contributed by atoms with Crippen molar-refractivity contribution in [2.24, 2.45) is 0 Å². The Morgan fingerprint density at radius 3 is 2.92 bits per heavy atom. The minimum Gasteiger partial charge on any atom is -0.309 e. The van der Waals surface area contributed by atoms with E-state index in [2.05, 4.69) is 33.1 Å². The number of halogens is 2. The molecule has 0 saturated carbocycles. The number of hydrogen-bond donors (Lipinski definition) is 1. The van der Waals surface area contributed by atoms with Crippen LogP contribution in [-0.4, -0.2) is 13.6 Å². The van der Waals surface area contributed by atoms with Gasteiger partial charge in [0.1, 0.15) is 0 Å². The van der Waals surface area contributed by atoms with Crippen LogP contribution in [0.5, 0.6) is 0 Å². The van der Waals surface area contributed by atoms with Gasteiger partial charge in [0.2, 0.25) is 0 Å². The molecule has 0 saturated heterocycles. The molecule has 0 amide bonds. The van der Waals surface area contributed by atoms with Crippen LogP contribution in [-0.2, 0) is 0 Å². The molecule has 1 rings (SSSR count). The van der Waals surface area contributed by atoms with Crippen molar-refractivity contribution >= 4 is 27.5 Å². The van der Waals surface area contributed by atoms with Crippen molar-refractivity contribution < 1.29 is 0 Å². The monoisotopic (exact) mass is 257 g/mol. The maximum Gasteiger partial charge on any atom is 0.0577 e. The van der Waals surface area contributed by atoms with Crippen LogP contribution in [0.25, 0.3) is 0 Å². The van der Waals surface area contributed by atoms with Gasteiger partial charge in [0, 0.05) is 10.0 Å². The fourth-order valence-corrected chi connectivity index (χ4v) is 1.30. The van der Waals surface area contributed by atoms with Gasteiger partial charge in [0.25, 0.3) is 0 Å². The molecule has 0 atom stereocenters. The topological polar surface area (TPSA) is 12.0 Å². The summed E-state index contributed by atoms with van der Waals surface area (Å²) in [5, 5.41) is 3.66. The molecule has 1 aromatic carbocycles. The highest BCUT2D eigenvalue weighted by molar-refractivity contribution is 9.10. The van der Waals surface area contributed by atoms with E-state index in [1.165, 1.54) is 0 Å². The highest BCUT2D eigenvalue weighted by atomic mass is 79.9. The average Bonchev–Trinajstić information content (AvgIpc) is 2.12. The molecule has 0 radical (unpaired) electrons. The standard InChI is InChI=1S/C10H9BrClN/c1-13-6-2-3-8-4-5-10(12)9(11)7-8/h4-5,7,13H,6H2,1H3. The Labute approximate surface area is 91.6 Å². The lowest BCUT2D eigenvalue weighted by Crippen LogP contribution is -2.04. The summed E-state index contributed by atoms with van der Waals surface area (Å²) in [6, 6.07) is 5.63. The fourth-order valence-electron chi connectivity index (χ4n) is 0.809. The molecule has 1 N–H and O–H groups in total. The van der Waals surface area contributed by atoms with Crippen LogP contribution in [0.15, 0.2) is 22.7 Å². The third-order valence-corrected chi connectivity index (χ3v) is 2.63. The smallest absolute Gasteiger partial charge is 0.0577 e. The summed E-state index contributed by atoms with van der Waals surface area (Å²) >= 11 is 9.17. The number of nitrogens with one attached hydrogen (secondary N) is 1. The number of hydrogen-bond acceptors (Lipinski definition) is 1. The molecule has 13 heavy (non-hydrogen) atoms. The molecule has 0 aliphatic heterocycles. The third kappa shape index (κ3) is 3.40. The second-order valence-electron chi connectivity index (χ2n) is 2.46. The van der Waals surface area contributed by atoms with Crippen molar-refractivity contribution in [3.8, 4) is 11.8 Å². The van der Waals surface area contributed by atoms with E-state index >= 15 is 0 Å². The van der Waals surface area contributed by atoms with Crippen molar-refractivity contribution in [1.82, 2.24) is 5.32 Å². The van der Waals surface area contributed by atoms with Crippen molar-refractivity contribution in [1.29, 1.82) is 0 Å². The van der Waals surface area contributed by atoms with Crippen molar-refractivity contribution in [3.05, 3.63) is 33.3 Å². The quantitative estimate of drug-likeness (QED) is 0.764. The van der Waals surface area contributed by atoms with Crippen LogP contribution < -0.4 is 5.32 Å². The second kappa shape index (κ2) is 5.29. The maximum atomic E-state index is 5.83. The number of rotatable bonds is 1. The lowest BCUT2D eigenvalue weighted by Gasteiger charge is -1.95. The molecule has 68 valence electrons. The lowest BCUT2D eigenvalue weighted by molar-refractivity contribution is 0.938. The third-order valence-electron chi connectivity index (χ3n) is 1.42. The zero-order valence-corrected chi connectivity index (χ0v) is 9.54. The first-order valence-corrected chi connectivity index (χ1v) is 4.99. The molecule has 0 unspecified atom stereocenters. The first-order valence-electron chi connectivity index (χ1n) is 3.82. The first-order chi connectivity index (χ1) is 6.24. The fraction of sp³-hybridized carbons (Fsp3) is 0.200. The highest BCUT2D eigenvalue weighted by Crippen LogP contribution is 2.22. The second-order valence-corrected chi connectivity index (χ2v) is 3.72. The molecule has 0 fully saturated rings. The van der Waals surface area contributed by atoms with E-state index in [4.69, 9.17) is 11.6 Å². The first kappa shape index (κ1) is 10.6. The van der Waals surface area contributed by atoms with E-state index in [0.29, 0.717) is 11.6 Å². The zero-order chi connectivity index (χ0) is 9.68. The van der Waals surface area contributed by atoms with Crippen LogP contribution in [0.1, 0.15) is 5.56 Å². The van der Waals surface area contributed by atoms with E-state index < -0.39 is 0 Å². The Morgan fingerprint density at radius 1 is 1.54 bits per heavy atom. The minimum absolute atomic E-state index is 0.695. The van der Waals surface area contributed by atoms with Gasteiger partial charge in [-0.2, -0.15) is 0 Å². The van der Waals surface area contributed by atoms with Crippen LogP contribution >= 0.6 is 27.5 Å². The molecule has 0 aliphatic carbocycles. The predicted molar refractivity (Wildman–Crippen MR) is 60.0 cm³/mol. The largest absolute Gasteiger partial charge is 0.309 e. The van der Waals surface area contributed by atoms with Gasteiger partial charge in [0.15, 0.2) is 0 Å². The summed E-state index contributed by atoms with van der Waals surface area (Å²) in [6.45, 7) is 0.695. The summed E-state index contributed by atoms with van der Waals surface area (Å²) in [6.07, 6.45) is 0. The SMILES string of the molecule is CNCC#Cc1ccc(Cl)c(Br)c1. The van der Waals surface area contributed by atoms with Crippen LogP contribution in [0, 0.1) is 11.8 Å². The molecule has 3 heteroatoms. The summed E-state index contributed by atoms with van der Waals surface area (Å²) in [7, 11) is 1.87. The van der Waals surface area contributed by atoms with E-state index in [0.717, 1.165) is 10.0 Å². The van der Waals surface area contributed by atoms with E-state index in [9.17, 15) is 0 Å². The predicted octanol–water partition coefficient (Wildman–Crippen LogP) is 2.67. The van der Waals surface area contributed by atoms with Gasteiger partial charge >= 0.3 is 0 Å². The lowest BCUT2D eigenvalue weighted by atomic mass is 10.2. The van der Waals surface area contributed by atoms with Crippen LogP contribution in [0.2, 0.25) is 5.02 Å². The van der Waals surface area contributed by atoms with Crippen LogP contribution in [0.3, 0.4) is 0 Å². The summed E-state index contributed by atoms with van der Waals surface area (Å²) in [4.78, 5) is 0. The Balaban J connectivity index is 2.81. The Morgan fingerprint density at radius 2 is 2.31 bits per heavy atom. The summed E-state index contributed by atoms with van der Waals surface area (Å²) < 4.78 is 0.880. The van der Waals surface area contributed by atoms with Gasteiger partial charge in [-0.1, -0.05) is 23.4 Å². The van der Waals surface area contributed by atoms with Gasteiger partial charge in [-0.15, -0.1) is 0 Å². The van der Waals surface area contributed by atoms with E-state index in [1.54, 1.807) is 0 Å². The van der Waals surface area contributed by atoms with E-state index in [-0.39, 0.29) is 0 Å². The van der Waals surface area contributed by atoms with Crippen molar-refractivity contribution in [2.75, 3.05) is 13.6 Å². The average molecular weight is 259 g/mol. The van der Waals surface area contributed by atoms with Gasteiger partial charge in [-0.3, -0.25) is 0 Å². The van der Waals surface area contributed by atoms with Crippen LogP contribution in [0.4, 0.5) is 0 Å². The molecule has 0 bridgehead atoms. The zero-order valence-electron chi connectivity index (χ0n) is 7.20. The molecule has 0 aromatic heterocycles. The Hall–Kier alpha value is -0.490. The molecule has 0 spiro atoms.